The lowest BCUT2D eigenvalue weighted by Crippen LogP contribution is -2.76. The van der Waals surface area contributed by atoms with E-state index < -0.39 is 89.6 Å². The Morgan fingerprint density at radius 1 is 0.426 bits per heavy atom. The van der Waals surface area contributed by atoms with E-state index in [2.05, 4.69) is 66.7 Å². The number of rotatable bonds is 11. The molecule has 0 saturated carbocycles. The van der Waals surface area contributed by atoms with Crippen molar-refractivity contribution in [1.29, 1.82) is 0 Å². The fourth-order valence-electron chi connectivity index (χ4n) is 5.28. The van der Waals surface area contributed by atoms with E-state index in [1.165, 1.54) is 37.5 Å². The molecule has 0 aliphatic heterocycles. The standard InChI is InChI=1S/C23H22F18O3S2.C15H24/c1-13(2,3)10-7-8-12(11(9-10)14(4,5)6)45-22(38,39)20(34,35)18(30,31)16(26,27)15(24,25)17(28,29)19(32,33)21(36,37)23(40,41)46(42,43)44;1-11-8-9-12(14(2,3)4)10-13(11)15(5,6)7/h7-9H,1-6H3,(H,42,43,44);8-10H,1-7H3. The summed E-state index contributed by atoms with van der Waals surface area (Å²) in [6, 6.07) is 9.52. The van der Waals surface area contributed by atoms with Gasteiger partial charge in [0.1, 0.15) is 0 Å². The number of halogens is 18. The second kappa shape index (κ2) is 16.2. The van der Waals surface area contributed by atoms with Gasteiger partial charge in [0.25, 0.3) is 0 Å². The lowest BCUT2D eigenvalue weighted by Gasteiger charge is -2.44. The Balaban J connectivity index is 0.00000103. The van der Waals surface area contributed by atoms with Crippen LogP contribution < -0.4 is 0 Å². The molecule has 23 heteroatoms. The minimum absolute atomic E-state index is 0.241. The second-order valence-corrected chi connectivity index (χ2v) is 21.0. The molecule has 0 aliphatic carbocycles. The molecule has 61 heavy (non-hydrogen) atoms. The molecule has 2 rings (SSSR count). The van der Waals surface area contributed by atoms with Gasteiger partial charge in [-0.3, -0.25) is 4.55 Å². The number of hydrogen-bond donors (Lipinski definition) is 1. The molecular weight excluding hydrogens is 911 g/mol. The van der Waals surface area contributed by atoms with Crippen molar-refractivity contribution in [1.82, 2.24) is 0 Å². The summed E-state index contributed by atoms with van der Waals surface area (Å²) in [5.74, 6) is -61.1. The normalized spacial score (nSPS) is 15.4. The summed E-state index contributed by atoms with van der Waals surface area (Å²) in [5, 5.41) is -14.7. The fraction of sp³-hybridized carbons (Fsp3) is 0.684. The summed E-state index contributed by atoms with van der Waals surface area (Å²) in [6.45, 7) is 24.3. The molecule has 0 spiro atoms. The topological polar surface area (TPSA) is 54.4 Å². The second-order valence-electron chi connectivity index (χ2n) is 18.4. The zero-order valence-electron chi connectivity index (χ0n) is 34.8. The van der Waals surface area contributed by atoms with Crippen molar-refractivity contribution >= 4 is 21.9 Å². The summed E-state index contributed by atoms with van der Waals surface area (Å²) < 4.78 is 281. The van der Waals surface area contributed by atoms with Crippen LogP contribution >= 0.6 is 11.8 Å². The van der Waals surface area contributed by atoms with Crippen LogP contribution in [0.5, 0.6) is 0 Å². The van der Waals surface area contributed by atoms with Crippen LogP contribution in [0.3, 0.4) is 0 Å². The molecule has 0 saturated heterocycles. The number of thioether (sulfide) groups is 1. The SMILES string of the molecule is CC(C)(C)c1ccc(SC(F)(F)C(F)(F)C(F)(F)C(F)(F)C(F)(F)C(F)(F)C(F)(F)C(F)(F)C(F)(F)S(=O)(=O)O)c(C(C)(C)C)c1.Cc1ccc(C(C)(C)C)cc1C(C)(C)C. The molecule has 0 aromatic heterocycles. The summed E-state index contributed by atoms with van der Waals surface area (Å²) in [6.07, 6.45) is 0. The van der Waals surface area contributed by atoms with Gasteiger partial charge in [-0.05, 0) is 74.2 Å². The first-order chi connectivity index (χ1) is 26.2. The van der Waals surface area contributed by atoms with E-state index in [0.717, 1.165) is 12.1 Å². The maximum absolute atomic E-state index is 14.7. The number of benzene rings is 2. The Labute approximate surface area is 346 Å². The first-order valence-electron chi connectivity index (χ1n) is 17.5. The van der Waals surface area contributed by atoms with E-state index in [4.69, 9.17) is 4.55 Å². The van der Waals surface area contributed by atoms with Crippen LogP contribution in [0.2, 0.25) is 0 Å². The smallest absolute Gasteiger partial charge is 0.281 e. The van der Waals surface area contributed by atoms with Gasteiger partial charge in [-0.2, -0.15) is 87.4 Å². The molecular formula is C38H46F18O3S2. The number of aryl methyl sites for hydroxylation is 1. The van der Waals surface area contributed by atoms with Crippen molar-refractivity contribution in [3.8, 4) is 0 Å². The van der Waals surface area contributed by atoms with E-state index >= 15 is 0 Å². The van der Waals surface area contributed by atoms with Crippen LogP contribution in [-0.2, 0) is 31.8 Å². The molecule has 2 aromatic carbocycles. The number of hydrogen-bond acceptors (Lipinski definition) is 3. The first-order valence-corrected chi connectivity index (χ1v) is 19.8. The van der Waals surface area contributed by atoms with Crippen molar-refractivity contribution in [2.45, 2.75) is 169 Å². The molecule has 0 fully saturated rings. The molecule has 0 heterocycles. The van der Waals surface area contributed by atoms with Crippen molar-refractivity contribution in [3.63, 3.8) is 0 Å². The van der Waals surface area contributed by atoms with E-state index in [1.54, 1.807) is 20.8 Å². The molecule has 0 aliphatic rings. The molecule has 3 nitrogen and oxygen atoms in total. The molecule has 0 unspecified atom stereocenters. The first kappa shape index (κ1) is 56.5. The van der Waals surface area contributed by atoms with Crippen LogP contribution in [0.1, 0.15) is 111 Å². The number of alkyl halides is 18. The Morgan fingerprint density at radius 2 is 0.721 bits per heavy atom. The lowest BCUT2D eigenvalue weighted by atomic mass is 9.79. The summed E-state index contributed by atoms with van der Waals surface area (Å²) in [7, 11) is -8.01. The van der Waals surface area contributed by atoms with Crippen LogP contribution in [0, 0.1) is 6.92 Å². The average molecular weight is 957 g/mol. The minimum atomic E-state index is -9.07. The summed E-state index contributed by atoms with van der Waals surface area (Å²) in [5.41, 5.74) is 2.59. The Hall–Kier alpha value is -2.56. The highest BCUT2D eigenvalue weighted by Gasteiger charge is 2.97. The molecule has 1 N–H and O–H groups in total. The maximum atomic E-state index is 14.7. The molecule has 0 atom stereocenters. The predicted octanol–water partition coefficient (Wildman–Crippen LogP) is 14.5. The average Bonchev–Trinajstić information content (AvgIpc) is 3.01. The largest absolute Gasteiger partial charge is 0.438 e. The minimum Gasteiger partial charge on any atom is -0.281 e. The van der Waals surface area contributed by atoms with E-state index in [0.29, 0.717) is 11.6 Å². The van der Waals surface area contributed by atoms with Gasteiger partial charge in [0, 0.05) is 4.90 Å². The van der Waals surface area contributed by atoms with Crippen molar-refractivity contribution in [3.05, 3.63) is 64.2 Å². The highest BCUT2D eigenvalue weighted by atomic mass is 32.2. The highest BCUT2D eigenvalue weighted by Crippen LogP contribution is 2.66. The molecule has 0 radical (unpaired) electrons. The zero-order chi connectivity index (χ0) is 49.4. The predicted molar refractivity (Wildman–Crippen MR) is 194 cm³/mol. The van der Waals surface area contributed by atoms with Crippen molar-refractivity contribution in [2.75, 3.05) is 0 Å². The Kier molecular flexibility index (Phi) is 14.9. The summed E-state index contributed by atoms with van der Waals surface area (Å²) >= 11 is -1.69. The third-order valence-electron chi connectivity index (χ3n) is 9.22. The lowest BCUT2D eigenvalue weighted by molar-refractivity contribution is -0.455. The molecule has 2 aromatic rings. The van der Waals surface area contributed by atoms with Gasteiger partial charge in [0.15, 0.2) is 0 Å². The van der Waals surface area contributed by atoms with Gasteiger partial charge in [-0.15, -0.1) is 0 Å². The van der Waals surface area contributed by atoms with Gasteiger partial charge in [0.2, 0.25) is 0 Å². The van der Waals surface area contributed by atoms with Crippen LogP contribution in [-0.4, -0.2) is 64.9 Å². The van der Waals surface area contributed by atoms with Crippen LogP contribution in [0.4, 0.5) is 79.0 Å². The molecule has 0 amide bonds. The maximum Gasteiger partial charge on any atom is 0.438 e. The van der Waals surface area contributed by atoms with Crippen LogP contribution in [0.25, 0.3) is 0 Å². The third-order valence-corrected chi connectivity index (χ3v) is 11.2. The Bertz CT molecular complexity index is 2000. The zero-order valence-corrected chi connectivity index (χ0v) is 36.5. The highest BCUT2D eigenvalue weighted by molar-refractivity contribution is 8.00. The monoisotopic (exact) mass is 956 g/mol. The van der Waals surface area contributed by atoms with E-state index in [1.807, 2.05) is 0 Å². The molecule has 354 valence electrons. The Morgan fingerprint density at radius 3 is 1.03 bits per heavy atom. The van der Waals surface area contributed by atoms with Gasteiger partial charge in [-0.1, -0.05) is 113 Å². The fourth-order valence-corrected chi connectivity index (χ4v) is 6.88. The van der Waals surface area contributed by atoms with Gasteiger partial charge < -0.3 is 0 Å². The van der Waals surface area contributed by atoms with Crippen LogP contribution in [0.15, 0.2) is 41.3 Å². The van der Waals surface area contributed by atoms with Crippen molar-refractivity contribution < 1.29 is 92.0 Å². The third kappa shape index (κ3) is 9.91. The van der Waals surface area contributed by atoms with Gasteiger partial charge in [-0.25, -0.2) is 0 Å². The molecule has 0 bridgehead atoms. The van der Waals surface area contributed by atoms with E-state index in [-0.39, 0.29) is 16.4 Å². The quantitative estimate of drug-likeness (QED) is 0.139. The van der Waals surface area contributed by atoms with Crippen molar-refractivity contribution in [2.24, 2.45) is 0 Å². The van der Waals surface area contributed by atoms with Gasteiger partial charge >= 0.3 is 62.1 Å². The van der Waals surface area contributed by atoms with E-state index in [9.17, 15) is 87.4 Å². The summed E-state index contributed by atoms with van der Waals surface area (Å²) in [4.78, 5) is -1.10. The van der Waals surface area contributed by atoms with Gasteiger partial charge in [0.05, 0.1) is 0 Å².